The molecule has 0 aliphatic carbocycles. The number of benzene rings is 2. The molecule has 0 spiro atoms. The highest BCUT2D eigenvalue weighted by atomic mass is 19.1. The van der Waals surface area contributed by atoms with E-state index < -0.39 is 5.91 Å². The van der Waals surface area contributed by atoms with Crippen molar-refractivity contribution in [2.45, 2.75) is 0 Å². The van der Waals surface area contributed by atoms with Crippen molar-refractivity contribution in [1.29, 1.82) is 0 Å². The molecule has 2 aromatic heterocycles. The van der Waals surface area contributed by atoms with Gasteiger partial charge in [-0.3, -0.25) is 9.78 Å². The molecular weight excluding hydrogens is 343 g/mol. The van der Waals surface area contributed by atoms with E-state index in [0.717, 1.165) is 16.8 Å². The molecule has 0 saturated heterocycles. The summed E-state index contributed by atoms with van der Waals surface area (Å²) in [5, 5.41) is 0. The number of amides is 1. The topological polar surface area (TPSA) is 84.7 Å². The van der Waals surface area contributed by atoms with Gasteiger partial charge in [0.25, 0.3) is 0 Å². The SMILES string of the molecule is NC(=O)c1ccccc1-c1nc(-c2ccc(F)cc2)c(-c2ccncc2)[nH]1. The zero-order valence-corrected chi connectivity index (χ0v) is 14.2. The van der Waals surface area contributed by atoms with Gasteiger partial charge < -0.3 is 10.7 Å². The van der Waals surface area contributed by atoms with Gasteiger partial charge in [-0.2, -0.15) is 0 Å². The largest absolute Gasteiger partial charge is 0.366 e. The summed E-state index contributed by atoms with van der Waals surface area (Å²) in [6.45, 7) is 0. The van der Waals surface area contributed by atoms with Gasteiger partial charge in [-0.25, -0.2) is 9.37 Å². The zero-order valence-electron chi connectivity index (χ0n) is 14.2. The number of pyridine rings is 1. The minimum Gasteiger partial charge on any atom is -0.366 e. The van der Waals surface area contributed by atoms with Crippen molar-refractivity contribution in [2.75, 3.05) is 0 Å². The van der Waals surface area contributed by atoms with E-state index in [0.29, 0.717) is 22.6 Å². The minimum absolute atomic E-state index is 0.320. The Kier molecular flexibility index (Phi) is 4.22. The first kappa shape index (κ1) is 16.7. The van der Waals surface area contributed by atoms with Gasteiger partial charge in [-0.15, -0.1) is 0 Å². The smallest absolute Gasteiger partial charge is 0.249 e. The van der Waals surface area contributed by atoms with E-state index in [1.807, 2.05) is 18.2 Å². The predicted octanol–water partition coefficient (Wildman–Crippen LogP) is 4.04. The predicted molar refractivity (Wildman–Crippen MR) is 101 cm³/mol. The van der Waals surface area contributed by atoms with Gasteiger partial charge in [0.05, 0.1) is 17.0 Å². The number of nitrogens with two attached hydrogens (primary N) is 1. The molecular formula is C21H15FN4O. The van der Waals surface area contributed by atoms with Crippen LogP contribution >= 0.6 is 0 Å². The minimum atomic E-state index is -0.532. The van der Waals surface area contributed by atoms with E-state index in [2.05, 4.69) is 9.97 Å². The number of hydrogen-bond donors (Lipinski definition) is 2. The van der Waals surface area contributed by atoms with Crippen LogP contribution in [-0.2, 0) is 0 Å². The van der Waals surface area contributed by atoms with E-state index in [-0.39, 0.29) is 5.82 Å². The molecule has 0 bridgehead atoms. The third kappa shape index (κ3) is 3.20. The van der Waals surface area contributed by atoms with E-state index in [1.165, 1.54) is 12.1 Å². The van der Waals surface area contributed by atoms with Gasteiger partial charge in [0, 0.05) is 29.1 Å². The number of aromatic amines is 1. The average molecular weight is 358 g/mol. The zero-order chi connectivity index (χ0) is 18.8. The molecule has 0 fully saturated rings. The maximum atomic E-state index is 13.3. The lowest BCUT2D eigenvalue weighted by molar-refractivity contribution is 0.100. The van der Waals surface area contributed by atoms with Gasteiger partial charge in [0.1, 0.15) is 11.6 Å². The summed E-state index contributed by atoms with van der Waals surface area (Å²) in [4.78, 5) is 23.8. The second-order valence-electron chi connectivity index (χ2n) is 5.96. The quantitative estimate of drug-likeness (QED) is 0.577. The summed E-state index contributed by atoms with van der Waals surface area (Å²) in [6.07, 6.45) is 3.36. The van der Waals surface area contributed by atoms with Gasteiger partial charge in [0.15, 0.2) is 0 Å². The average Bonchev–Trinajstić information content (AvgIpc) is 3.14. The molecule has 0 atom stereocenters. The standard InChI is InChI=1S/C21H15FN4O/c22-15-7-5-13(6-8-15)18-19(14-9-11-24-12-10-14)26-21(25-18)17-4-2-1-3-16(17)20(23)27/h1-12H,(H2,23,27)(H,25,26). The first-order valence-corrected chi connectivity index (χ1v) is 8.29. The Hall–Kier alpha value is -3.80. The number of aromatic nitrogens is 3. The van der Waals surface area contributed by atoms with Crippen LogP contribution in [-0.4, -0.2) is 20.9 Å². The van der Waals surface area contributed by atoms with Crippen molar-refractivity contribution in [3.8, 4) is 33.9 Å². The van der Waals surface area contributed by atoms with Crippen LogP contribution < -0.4 is 5.73 Å². The first-order chi connectivity index (χ1) is 13.1. The molecule has 2 aromatic carbocycles. The van der Waals surface area contributed by atoms with Crippen LogP contribution in [0.15, 0.2) is 73.1 Å². The van der Waals surface area contributed by atoms with Crippen molar-refractivity contribution in [3.63, 3.8) is 0 Å². The lowest BCUT2D eigenvalue weighted by Gasteiger charge is -2.03. The molecule has 4 aromatic rings. The van der Waals surface area contributed by atoms with Crippen molar-refractivity contribution in [2.24, 2.45) is 5.73 Å². The van der Waals surface area contributed by atoms with Crippen molar-refractivity contribution in [3.05, 3.63) is 84.4 Å². The molecule has 1 amide bonds. The molecule has 0 radical (unpaired) electrons. The molecule has 2 heterocycles. The fourth-order valence-electron chi connectivity index (χ4n) is 2.95. The van der Waals surface area contributed by atoms with Crippen molar-refractivity contribution in [1.82, 2.24) is 15.0 Å². The number of imidazole rings is 1. The fourth-order valence-corrected chi connectivity index (χ4v) is 2.95. The number of carbonyl (C=O) groups is 1. The van der Waals surface area contributed by atoms with E-state index in [1.54, 1.807) is 42.7 Å². The Morgan fingerprint density at radius 2 is 1.63 bits per heavy atom. The summed E-state index contributed by atoms with van der Waals surface area (Å²) in [5.74, 6) is -0.342. The second kappa shape index (κ2) is 6.84. The van der Waals surface area contributed by atoms with Gasteiger partial charge in [-0.05, 0) is 42.5 Å². The number of halogens is 1. The van der Waals surface area contributed by atoms with Gasteiger partial charge in [0.2, 0.25) is 5.91 Å². The van der Waals surface area contributed by atoms with Crippen molar-refractivity contribution >= 4 is 5.91 Å². The second-order valence-corrected chi connectivity index (χ2v) is 5.96. The molecule has 27 heavy (non-hydrogen) atoms. The summed E-state index contributed by atoms with van der Waals surface area (Å²) in [6, 6.07) is 16.8. The molecule has 3 N–H and O–H groups in total. The number of nitrogens with zero attached hydrogens (tertiary/aromatic N) is 2. The molecule has 4 rings (SSSR count). The first-order valence-electron chi connectivity index (χ1n) is 8.29. The van der Waals surface area contributed by atoms with Gasteiger partial charge in [-0.1, -0.05) is 18.2 Å². The highest BCUT2D eigenvalue weighted by Crippen LogP contribution is 2.33. The molecule has 0 aliphatic heterocycles. The number of carbonyl (C=O) groups excluding carboxylic acids is 1. The molecule has 0 aliphatic rings. The number of hydrogen-bond acceptors (Lipinski definition) is 3. The monoisotopic (exact) mass is 358 g/mol. The lowest BCUT2D eigenvalue weighted by Crippen LogP contribution is -2.12. The number of nitrogens with one attached hydrogen (secondary N) is 1. The molecule has 0 unspecified atom stereocenters. The molecule has 6 heteroatoms. The third-order valence-electron chi connectivity index (χ3n) is 4.24. The third-order valence-corrected chi connectivity index (χ3v) is 4.24. The Bertz CT molecular complexity index is 1100. The lowest BCUT2D eigenvalue weighted by atomic mass is 10.1. The summed E-state index contributed by atoms with van der Waals surface area (Å²) in [5.41, 5.74) is 9.51. The number of rotatable bonds is 4. The normalized spacial score (nSPS) is 10.7. The summed E-state index contributed by atoms with van der Waals surface area (Å²) in [7, 11) is 0. The highest BCUT2D eigenvalue weighted by Gasteiger charge is 2.18. The van der Waals surface area contributed by atoms with Crippen LogP contribution in [0.5, 0.6) is 0 Å². The number of H-pyrrole nitrogens is 1. The van der Waals surface area contributed by atoms with Crippen LogP contribution in [0.2, 0.25) is 0 Å². The molecule has 0 saturated carbocycles. The summed E-state index contributed by atoms with van der Waals surface area (Å²) < 4.78 is 13.3. The van der Waals surface area contributed by atoms with E-state index in [9.17, 15) is 9.18 Å². The Labute approximate surface area is 154 Å². The Morgan fingerprint density at radius 3 is 2.33 bits per heavy atom. The fraction of sp³-hybridized carbons (Fsp3) is 0. The Balaban J connectivity index is 1.94. The van der Waals surface area contributed by atoms with Gasteiger partial charge >= 0.3 is 0 Å². The highest BCUT2D eigenvalue weighted by molar-refractivity contribution is 5.99. The van der Waals surface area contributed by atoms with Crippen LogP contribution in [0.1, 0.15) is 10.4 Å². The Morgan fingerprint density at radius 1 is 0.926 bits per heavy atom. The van der Waals surface area contributed by atoms with E-state index in [4.69, 9.17) is 10.7 Å². The van der Waals surface area contributed by atoms with Crippen LogP contribution in [0.25, 0.3) is 33.9 Å². The van der Waals surface area contributed by atoms with Crippen LogP contribution in [0, 0.1) is 5.82 Å². The molecule has 132 valence electrons. The van der Waals surface area contributed by atoms with Crippen LogP contribution in [0.4, 0.5) is 4.39 Å². The summed E-state index contributed by atoms with van der Waals surface area (Å²) >= 11 is 0. The van der Waals surface area contributed by atoms with Crippen molar-refractivity contribution < 1.29 is 9.18 Å². The molecule has 5 nitrogen and oxygen atoms in total. The number of primary amides is 1. The van der Waals surface area contributed by atoms with Crippen LogP contribution in [0.3, 0.4) is 0 Å². The van der Waals surface area contributed by atoms with E-state index >= 15 is 0 Å². The maximum Gasteiger partial charge on any atom is 0.249 e. The maximum absolute atomic E-state index is 13.3.